The molecule has 350 valence electrons. The lowest BCUT2D eigenvalue weighted by Crippen LogP contribution is -2.16. The molecule has 0 bridgehead atoms. The van der Waals surface area contributed by atoms with Crippen molar-refractivity contribution in [3.05, 3.63) is 192 Å². The summed E-state index contributed by atoms with van der Waals surface area (Å²) < 4.78 is 0. The van der Waals surface area contributed by atoms with Crippen LogP contribution in [-0.4, -0.2) is 10.2 Å². The predicted octanol–water partition coefficient (Wildman–Crippen LogP) is 19.2. The smallest absolute Gasteiger partial charge is 0.132 e. The van der Waals surface area contributed by atoms with Crippen molar-refractivity contribution in [3.8, 4) is 67.1 Å². The number of phenols is 2. The average Bonchev–Trinajstić information content (AvgIpc) is 3.32. The Balaban J connectivity index is 1.30. The third-order valence-electron chi connectivity index (χ3n) is 14.6. The molecule has 0 saturated heterocycles. The molecule has 0 fully saturated rings. The maximum Gasteiger partial charge on any atom is 0.132 e. The molecule has 0 saturated carbocycles. The van der Waals surface area contributed by atoms with Gasteiger partial charge in [-0.15, -0.1) is 0 Å². The van der Waals surface area contributed by atoms with E-state index in [-0.39, 0.29) is 33.2 Å². The molecule has 0 amide bonds. The Morgan fingerprint density at radius 3 is 0.886 bits per heavy atom. The molecule has 0 aliphatic rings. The fourth-order valence-corrected chi connectivity index (χ4v) is 10.3. The normalized spacial score (nSPS) is 12.7. The summed E-state index contributed by atoms with van der Waals surface area (Å²) in [6.07, 6.45) is 0. The molecule has 0 radical (unpaired) electrons. The highest BCUT2D eigenvalue weighted by molar-refractivity contribution is 6.21. The second-order valence-electron chi connectivity index (χ2n) is 23.8. The molecule has 0 spiro atoms. The molecule has 0 aliphatic heterocycles. The van der Waals surface area contributed by atoms with Gasteiger partial charge in [-0.25, -0.2) is 0 Å². The van der Waals surface area contributed by atoms with Gasteiger partial charge in [0.25, 0.3) is 0 Å². The van der Waals surface area contributed by atoms with Crippen molar-refractivity contribution in [1.29, 1.82) is 0 Å². The topological polar surface area (TPSA) is 40.5 Å². The van der Waals surface area contributed by atoms with Crippen LogP contribution in [0, 0.1) is 0 Å². The van der Waals surface area contributed by atoms with E-state index in [0.29, 0.717) is 11.1 Å². The summed E-state index contributed by atoms with van der Waals surface area (Å²) in [6, 6.07) is 60.9. The van der Waals surface area contributed by atoms with E-state index >= 15 is 0 Å². The van der Waals surface area contributed by atoms with Crippen LogP contribution in [0.15, 0.2) is 170 Å². The van der Waals surface area contributed by atoms with Crippen molar-refractivity contribution in [3.63, 3.8) is 0 Å². The maximum absolute atomic E-state index is 13.5. The lowest BCUT2D eigenvalue weighted by molar-refractivity contribution is 0.476. The van der Waals surface area contributed by atoms with E-state index < -0.39 is 0 Å². The summed E-state index contributed by atoms with van der Waals surface area (Å²) in [6.45, 7) is 27.3. The van der Waals surface area contributed by atoms with Gasteiger partial charge in [0.1, 0.15) is 11.5 Å². The third kappa shape index (κ3) is 8.42. The van der Waals surface area contributed by atoms with Crippen LogP contribution in [0.1, 0.15) is 105 Å². The van der Waals surface area contributed by atoms with E-state index in [1.54, 1.807) is 0 Å². The van der Waals surface area contributed by atoms with Crippen molar-refractivity contribution in [2.24, 2.45) is 0 Å². The van der Waals surface area contributed by atoms with Crippen LogP contribution in [-0.2, 0) is 21.7 Å². The summed E-state index contributed by atoms with van der Waals surface area (Å²) in [5, 5.41) is 34.2. The van der Waals surface area contributed by atoms with E-state index in [9.17, 15) is 10.2 Å². The quantitative estimate of drug-likeness (QED) is 0.169. The molecule has 10 aromatic rings. The van der Waals surface area contributed by atoms with Crippen LogP contribution in [0.25, 0.3) is 98.7 Å². The second-order valence-corrected chi connectivity index (χ2v) is 23.8. The molecule has 10 rings (SSSR count). The average molecular weight is 915 g/mol. The minimum atomic E-state index is -0.0428. The summed E-state index contributed by atoms with van der Waals surface area (Å²) >= 11 is 0. The van der Waals surface area contributed by atoms with Gasteiger partial charge in [-0.1, -0.05) is 229 Å². The first-order valence-corrected chi connectivity index (χ1v) is 24.9. The standard InChI is InChI=1S/C68H66O2/c1-65(2,3)51-31-49(32-52(39-51)66(4,5)6)45-27-23-43-25-29-47-37-57(41-19-15-13-16-20-41)61(63(69)59(47)55(43)35-45)62-58(42-21-17-14-18-22-42)38-48-30-26-44-24-28-46(36-56(44)60(48)64(62)70)50-33-53(67(7,8)9)40-54(34-50)68(10,11)12/h13-40,69-70H,1-12H3. The molecule has 2 N–H and O–H groups in total. The lowest BCUT2D eigenvalue weighted by atomic mass is 9.78. The van der Waals surface area contributed by atoms with E-state index in [4.69, 9.17) is 0 Å². The summed E-state index contributed by atoms with van der Waals surface area (Å²) in [7, 11) is 0. The number of rotatable bonds is 5. The van der Waals surface area contributed by atoms with Crippen molar-refractivity contribution in [2.75, 3.05) is 0 Å². The van der Waals surface area contributed by atoms with E-state index in [1.807, 2.05) is 36.4 Å². The van der Waals surface area contributed by atoms with Crippen molar-refractivity contribution < 1.29 is 10.2 Å². The Morgan fingerprint density at radius 1 is 0.271 bits per heavy atom. The number of benzene rings is 10. The van der Waals surface area contributed by atoms with Gasteiger partial charge in [-0.3, -0.25) is 0 Å². The fraction of sp³-hybridized carbons (Fsp3) is 0.235. The van der Waals surface area contributed by atoms with Gasteiger partial charge in [0.2, 0.25) is 0 Å². The number of phenolic OH excluding ortho intramolecular Hbond substituents is 2. The van der Waals surface area contributed by atoms with Crippen molar-refractivity contribution in [1.82, 2.24) is 0 Å². The van der Waals surface area contributed by atoms with E-state index in [0.717, 1.165) is 87.6 Å². The molecule has 0 atom stereocenters. The minimum Gasteiger partial charge on any atom is -0.507 e. The Morgan fingerprint density at radius 2 is 0.571 bits per heavy atom. The Labute approximate surface area is 415 Å². The van der Waals surface area contributed by atoms with Gasteiger partial charge >= 0.3 is 0 Å². The zero-order valence-corrected chi connectivity index (χ0v) is 43.1. The Kier molecular flexibility index (Phi) is 11.2. The van der Waals surface area contributed by atoms with Crippen LogP contribution in [0.5, 0.6) is 11.5 Å². The van der Waals surface area contributed by atoms with Crippen molar-refractivity contribution >= 4 is 43.1 Å². The van der Waals surface area contributed by atoms with Crippen molar-refractivity contribution in [2.45, 2.75) is 105 Å². The van der Waals surface area contributed by atoms with Crippen LogP contribution in [0.3, 0.4) is 0 Å². The highest BCUT2D eigenvalue weighted by Crippen LogP contribution is 2.54. The monoisotopic (exact) mass is 915 g/mol. The fourth-order valence-electron chi connectivity index (χ4n) is 10.3. The Bertz CT molecular complexity index is 3370. The zero-order chi connectivity index (χ0) is 49.7. The van der Waals surface area contributed by atoms with Gasteiger partial charge in [-0.05, 0) is 145 Å². The second kappa shape index (κ2) is 16.8. The number of hydrogen-bond donors (Lipinski definition) is 2. The van der Waals surface area contributed by atoms with Gasteiger partial charge in [-0.2, -0.15) is 0 Å². The van der Waals surface area contributed by atoms with Crippen LogP contribution in [0.2, 0.25) is 0 Å². The van der Waals surface area contributed by atoms with Crippen LogP contribution < -0.4 is 0 Å². The first-order chi connectivity index (χ1) is 33.0. The number of fused-ring (bicyclic) bond motifs is 6. The molecule has 70 heavy (non-hydrogen) atoms. The predicted molar refractivity (Wildman–Crippen MR) is 302 cm³/mol. The minimum absolute atomic E-state index is 0.0428. The van der Waals surface area contributed by atoms with Gasteiger partial charge in [0.05, 0.1) is 0 Å². The van der Waals surface area contributed by atoms with E-state index in [1.165, 1.54) is 22.3 Å². The maximum atomic E-state index is 13.5. The van der Waals surface area contributed by atoms with Gasteiger partial charge < -0.3 is 10.2 Å². The molecule has 0 heterocycles. The molecule has 2 heteroatoms. The lowest BCUT2D eigenvalue weighted by Gasteiger charge is -2.26. The first-order valence-electron chi connectivity index (χ1n) is 24.9. The van der Waals surface area contributed by atoms with Gasteiger partial charge in [0.15, 0.2) is 0 Å². The molecule has 0 aliphatic carbocycles. The summed E-state index contributed by atoms with van der Waals surface area (Å²) in [5.41, 5.74) is 14.3. The molecule has 2 nitrogen and oxygen atoms in total. The highest BCUT2D eigenvalue weighted by atomic mass is 16.3. The first kappa shape index (κ1) is 46.6. The SMILES string of the molecule is CC(C)(C)c1cc(-c2ccc3ccc4cc(-c5ccccc5)c(-c5c(-c6ccccc6)cc6ccc7ccc(-c8cc(C(C)(C)C)cc(C(C)(C)C)c8)cc7c6c5O)c(O)c4c3c2)cc(C(C)(C)C)c1. The zero-order valence-electron chi connectivity index (χ0n) is 43.1. The van der Waals surface area contributed by atoms with Gasteiger partial charge in [0, 0.05) is 21.9 Å². The molecule has 0 aromatic heterocycles. The number of hydrogen-bond acceptors (Lipinski definition) is 2. The van der Waals surface area contributed by atoms with Crippen LogP contribution in [0.4, 0.5) is 0 Å². The third-order valence-corrected chi connectivity index (χ3v) is 14.6. The van der Waals surface area contributed by atoms with Crippen LogP contribution >= 0.6 is 0 Å². The highest BCUT2D eigenvalue weighted by Gasteiger charge is 2.28. The molecule has 10 aromatic carbocycles. The largest absolute Gasteiger partial charge is 0.507 e. The summed E-state index contributed by atoms with van der Waals surface area (Å²) in [5.74, 6) is 0.277. The number of aromatic hydroxyl groups is 2. The molecular formula is C68H66O2. The summed E-state index contributed by atoms with van der Waals surface area (Å²) in [4.78, 5) is 0. The molecule has 0 unspecified atom stereocenters. The molecular weight excluding hydrogens is 849 g/mol. The van der Waals surface area contributed by atoms with E-state index in [2.05, 4.69) is 217 Å². The Hall–Kier alpha value is -7.16.